The Kier molecular flexibility index (Phi) is 4.53. The molecule has 1 saturated heterocycles. The van der Waals surface area contributed by atoms with Crippen LogP contribution in [0.25, 0.3) is 0 Å². The van der Waals surface area contributed by atoms with Gasteiger partial charge in [-0.1, -0.05) is 19.3 Å². The molecule has 4 rings (SSSR count). The van der Waals surface area contributed by atoms with Gasteiger partial charge in [-0.25, -0.2) is 9.79 Å². The topological polar surface area (TPSA) is 62.2 Å². The van der Waals surface area contributed by atoms with Gasteiger partial charge in [-0.05, 0) is 44.2 Å². The van der Waals surface area contributed by atoms with E-state index in [1.165, 1.54) is 0 Å². The number of carbonyl (C=O) groups is 2. The second-order valence-electron chi connectivity index (χ2n) is 7.57. The van der Waals surface area contributed by atoms with Crippen molar-refractivity contribution in [2.45, 2.75) is 37.6 Å². The van der Waals surface area contributed by atoms with Crippen molar-refractivity contribution in [2.75, 3.05) is 33.2 Å². The molecule has 0 aromatic heterocycles. The highest BCUT2D eigenvalue weighted by Crippen LogP contribution is 2.37. The van der Waals surface area contributed by atoms with Gasteiger partial charge in [-0.15, -0.1) is 0 Å². The summed E-state index contributed by atoms with van der Waals surface area (Å²) in [6.45, 7) is 3.31. The summed E-state index contributed by atoms with van der Waals surface area (Å²) >= 11 is 0. The van der Waals surface area contributed by atoms with E-state index >= 15 is 0 Å². The van der Waals surface area contributed by atoms with E-state index in [-0.39, 0.29) is 11.9 Å². The minimum atomic E-state index is -0.665. The van der Waals surface area contributed by atoms with Crippen molar-refractivity contribution in [1.29, 1.82) is 0 Å². The van der Waals surface area contributed by atoms with E-state index in [0.29, 0.717) is 11.5 Å². The first kappa shape index (κ1) is 17.2. The summed E-state index contributed by atoms with van der Waals surface area (Å²) in [4.78, 5) is 33.7. The molecular weight excluding hydrogens is 330 g/mol. The van der Waals surface area contributed by atoms with E-state index in [1.807, 2.05) is 17.0 Å². The van der Waals surface area contributed by atoms with Crippen LogP contribution in [0, 0.1) is 0 Å². The maximum atomic E-state index is 12.6. The Morgan fingerprint density at radius 1 is 1.04 bits per heavy atom. The van der Waals surface area contributed by atoms with E-state index in [9.17, 15) is 9.59 Å². The Balaban J connectivity index is 1.49. The number of amides is 1. The average molecular weight is 355 g/mol. The maximum absolute atomic E-state index is 12.6. The van der Waals surface area contributed by atoms with Gasteiger partial charge in [0.05, 0.1) is 0 Å². The number of hydrogen-bond acceptors (Lipinski definition) is 5. The molecule has 1 aromatic rings. The largest absolute Gasteiger partial charge is 0.405 e. The van der Waals surface area contributed by atoms with Crippen LogP contribution < -0.4 is 0 Å². The van der Waals surface area contributed by atoms with Crippen LogP contribution in [0.5, 0.6) is 0 Å². The number of hydrogen-bond donors (Lipinski definition) is 0. The Labute approximate surface area is 153 Å². The van der Waals surface area contributed by atoms with Crippen molar-refractivity contribution >= 4 is 17.8 Å². The standard InChI is InChI=1S/C20H25N3O3/c1-22-11-13-23(14-12-22)18(24)16-7-5-15(6-8-16)17-21-20(19(25)26-17)9-3-2-4-10-20/h5-8H,2-4,9-14H2,1H3. The molecule has 1 aliphatic carbocycles. The Hall–Kier alpha value is -2.21. The van der Waals surface area contributed by atoms with Crippen LogP contribution >= 0.6 is 0 Å². The number of likely N-dealkylation sites (N-methyl/N-ethyl adjacent to an activating group) is 1. The molecule has 26 heavy (non-hydrogen) atoms. The number of aliphatic imine (C=N–C) groups is 1. The summed E-state index contributed by atoms with van der Waals surface area (Å²) in [6, 6.07) is 7.27. The third kappa shape index (κ3) is 3.14. The number of ether oxygens (including phenoxy) is 1. The second-order valence-corrected chi connectivity index (χ2v) is 7.57. The van der Waals surface area contributed by atoms with Gasteiger partial charge < -0.3 is 14.5 Å². The molecule has 0 radical (unpaired) electrons. The average Bonchev–Trinajstić information content (AvgIpc) is 2.98. The van der Waals surface area contributed by atoms with Crippen LogP contribution in [-0.2, 0) is 9.53 Å². The lowest BCUT2D eigenvalue weighted by atomic mass is 9.83. The molecule has 1 aromatic carbocycles. The van der Waals surface area contributed by atoms with Crippen LogP contribution in [0.3, 0.4) is 0 Å². The first-order chi connectivity index (χ1) is 12.6. The van der Waals surface area contributed by atoms with Gasteiger partial charge in [0.25, 0.3) is 5.91 Å². The number of piperazine rings is 1. The van der Waals surface area contributed by atoms with Crippen LogP contribution in [0.2, 0.25) is 0 Å². The van der Waals surface area contributed by atoms with Gasteiger partial charge in [-0.3, -0.25) is 4.79 Å². The molecule has 0 unspecified atom stereocenters. The third-order valence-corrected chi connectivity index (χ3v) is 5.73. The summed E-state index contributed by atoms with van der Waals surface area (Å²) in [6.07, 6.45) is 4.74. The fraction of sp³-hybridized carbons (Fsp3) is 0.550. The molecule has 1 spiro atoms. The minimum Gasteiger partial charge on any atom is -0.405 e. The Morgan fingerprint density at radius 3 is 2.35 bits per heavy atom. The smallest absolute Gasteiger partial charge is 0.340 e. The van der Waals surface area contributed by atoms with Crippen molar-refractivity contribution in [1.82, 2.24) is 9.80 Å². The normalized spacial score (nSPS) is 23.0. The van der Waals surface area contributed by atoms with Gasteiger partial charge in [0.1, 0.15) is 0 Å². The number of nitrogens with zero attached hydrogens (tertiary/aromatic N) is 3. The summed E-state index contributed by atoms with van der Waals surface area (Å²) < 4.78 is 5.48. The number of benzene rings is 1. The summed E-state index contributed by atoms with van der Waals surface area (Å²) in [7, 11) is 2.07. The van der Waals surface area contributed by atoms with E-state index in [1.54, 1.807) is 12.1 Å². The molecule has 1 amide bonds. The molecule has 3 aliphatic rings. The van der Waals surface area contributed by atoms with Crippen LogP contribution in [0.4, 0.5) is 0 Å². The SMILES string of the molecule is CN1CCN(C(=O)c2ccc(C3=NC4(CCCCC4)C(=O)O3)cc2)CC1. The van der Waals surface area contributed by atoms with Crippen LogP contribution in [0.1, 0.15) is 48.0 Å². The maximum Gasteiger partial charge on any atom is 0.340 e. The number of esters is 1. The van der Waals surface area contributed by atoms with Crippen molar-refractivity contribution < 1.29 is 14.3 Å². The molecule has 138 valence electrons. The van der Waals surface area contributed by atoms with Gasteiger partial charge in [-0.2, -0.15) is 0 Å². The molecule has 1 saturated carbocycles. The van der Waals surface area contributed by atoms with Crippen molar-refractivity contribution in [3.8, 4) is 0 Å². The third-order valence-electron chi connectivity index (χ3n) is 5.73. The fourth-order valence-electron chi connectivity index (χ4n) is 3.97. The van der Waals surface area contributed by atoms with E-state index in [4.69, 9.17) is 4.74 Å². The van der Waals surface area contributed by atoms with E-state index in [2.05, 4.69) is 16.9 Å². The highest BCUT2D eigenvalue weighted by molar-refractivity contribution is 6.08. The predicted octanol–water partition coefficient (Wildman–Crippen LogP) is 2.08. The number of rotatable bonds is 2. The fourth-order valence-corrected chi connectivity index (χ4v) is 3.97. The molecule has 2 heterocycles. The summed E-state index contributed by atoms with van der Waals surface area (Å²) in [5.74, 6) is 0.235. The number of cyclic esters (lactones) is 1. The zero-order valence-corrected chi connectivity index (χ0v) is 15.2. The molecule has 6 heteroatoms. The molecule has 0 N–H and O–H groups in total. The highest BCUT2D eigenvalue weighted by Gasteiger charge is 2.46. The Morgan fingerprint density at radius 2 is 1.69 bits per heavy atom. The molecule has 6 nitrogen and oxygen atoms in total. The first-order valence-corrected chi connectivity index (χ1v) is 9.48. The summed E-state index contributed by atoms with van der Waals surface area (Å²) in [5, 5.41) is 0. The van der Waals surface area contributed by atoms with Gasteiger partial charge >= 0.3 is 5.97 Å². The van der Waals surface area contributed by atoms with Crippen molar-refractivity contribution in [3.05, 3.63) is 35.4 Å². The lowest BCUT2D eigenvalue weighted by Gasteiger charge is -2.32. The lowest BCUT2D eigenvalue weighted by Crippen LogP contribution is -2.47. The van der Waals surface area contributed by atoms with Crippen molar-refractivity contribution in [3.63, 3.8) is 0 Å². The second kappa shape index (κ2) is 6.83. The molecule has 2 fully saturated rings. The summed E-state index contributed by atoms with van der Waals surface area (Å²) in [5.41, 5.74) is 0.758. The monoisotopic (exact) mass is 355 g/mol. The van der Waals surface area contributed by atoms with E-state index in [0.717, 1.165) is 63.8 Å². The molecular formula is C20H25N3O3. The van der Waals surface area contributed by atoms with Gasteiger partial charge in [0.2, 0.25) is 5.90 Å². The van der Waals surface area contributed by atoms with E-state index < -0.39 is 5.54 Å². The van der Waals surface area contributed by atoms with Crippen LogP contribution in [-0.4, -0.2) is 66.3 Å². The highest BCUT2D eigenvalue weighted by atomic mass is 16.6. The zero-order valence-electron chi connectivity index (χ0n) is 15.2. The van der Waals surface area contributed by atoms with Gasteiger partial charge in [0.15, 0.2) is 5.54 Å². The van der Waals surface area contributed by atoms with Crippen LogP contribution in [0.15, 0.2) is 29.3 Å². The molecule has 0 bridgehead atoms. The zero-order chi connectivity index (χ0) is 18.1. The predicted molar refractivity (Wildman–Crippen MR) is 98.3 cm³/mol. The minimum absolute atomic E-state index is 0.0544. The number of carbonyl (C=O) groups excluding carboxylic acids is 2. The lowest BCUT2D eigenvalue weighted by molar-refractivity contribution is -0.140. The first-order valence-electron chi connectivity index (χ1n) is 9.48. The van der Waals surface area contributed by atoms with Crippen molar-refractivity contribution in [2.24, 2.45) is 4.99 Å². The molecule has 0 atom stereocenters. The quantitative estimate of drug-likeness (QED) is 0.762. The Bertz CT molecular complexity index is 727. The molecule has 2 aliphatic heterocycles. The van der Waals surface area contributed by atoms with Gasteiger partial charge in [0, 0.05) is 37.3 Å².